The molecule has 0 amide bonds. The minimum absolute atomic E-state index is 0.149. The van der Waals surface area contributed by atoms with Crippen LogP contribution in [0.5, 0.6) is 0 Å². The van der Waals surface area contributed by atoms with Gasteiger partial charge in [-0.05, 0) is 28.8 Å². The first-order valence-electron chi connectivity index (χ1n) is 6.98. The SMILES string of the molecule is C=CCn1ncc(N2CCC(OC)CC2CN)c(Br)c1=O. The Morgan fingerprint density at radius 1 is 1.67 bits per heavy atom. The summed E-state index contributed by atoms with van der Waals surface area (Å²) < 4.78 is 7.32. The fourth-order valence-electron chi connectivity index (χ4n) is 2.68. The highest BCUT2D eigenvalue weighted by Gasteiger charge is 2.29. The molecule has 0 aliphatic carbocycles. The second-order valence-electron chi connectivity index (χ2n) is 5.08. The number of allylic oxidation sites excluding steroid dienone is 1. The number of piperidine rings is 1. The lowest BCUT2D eigenvalue weighted by Gasteiger charge is -2.40. The van der Waals surface area contributed by atoms with Crippen LogP contribution in [0.25, 0.3) is 0 Å². The Labute approximate surface area is 132 Å². The number of hydrogen-bond acceptors (Lipinski definition) is 5. The van der Waals surface area contributed by atoms with Crippen molar-refractivity contribution in [2.24, 2.45) is 5.73 Å². The van der Waals surface area contributed by atoms with Gasteiger partial charge < -0.3 is 15.4 Å². The van der Waals surface area contributed by atoms with Crippen LogP contribution < -0.4 is 16.2 Å². The highest BCUT2D eigenvalue weighted by Crippen LogP contribution is 2.29. The lowest BCUT2D eigenvalue weighted by Crippen LogP contribution is -2.49. The van der Waals surface area contributed by atoms with Crippen molar-refractivity contribution in [1.82, 2.24) is 9.78 Å². The number of nitrogens with two attached hydrogens (primary N) is 1. The molecular formula is C14H21BrN4O2. The number of anilines is 1. The molecule has 0 aromatic carbocycles. The van der Waals surface area contributed by atoms with E-state index >= 15 is 0 Å². The third-order valence-corrected chi connectivity index (χ3v) is 4.60. The minimum atomic E-state index is -0.156. The molecule has 2 unspecified atom stereocenters. The fraction of sp³-hybridized carbons (Fsp3) is 0.571. The standard InChI is InChI=1S/C14H21BrN4O2/c1-3-5-19-14(20)13(15)12(9-17-19)18-6-4-11(21-2)7-10(18)8-16/h3,9-11H,1,4-8,16H2,2H3. The lowest BCUT2D eigenvalue weighted by molar-refractivity contribution is 0.0709. The summed E-state index contributed by atoms with van der Waals surface area (Å²) >= 11 is 3.40. The zero-order valence-electron chi connectivity index (χ0n) is 12.2. The predicted octanol–water partition coefficient (Wildman–Crippen LogP) is 1.13. The van der Waals surface area contributed by atoms with Crippen molar-refractivity contribution in [3.63, 3.8) is 0 Å². The summed E-state index contributed by atoms with van der Waals surface area (Å²) in [6.07, 6.45) is 5.35. The van der Waals surface area contributed by atoms with Crippen molar-refractivity contribution >= 4 is 21.6 Å². The first-order chi connectivity index (χ1) is 10.1. The van der Waals surface area contributed by atoms with Gasteiger partial charge in [0.25, 0.3) is 5.56 Å². The van der Waals surface area contributed by atoms with Crippen molar-refractivity contribution < 1.29 is 4.74 Å². The van der Waals surface area contributed by atoms with E-state index < -0.39 is 0 Å². The minimum Gasteiger partial charge on any atom is -0.381 e. The quantitative estimate of drug-likeness (QED) is 0.800. The van der Waals surface area contributed by atoms with Gasteiger partial charge in [-0.15, -0.1) is 6.58 Å². The number of halogens is 1. The Hall–Kier alpha value is -1.18. The van der Waals surface area contributed by atoms with Crippen LogP contribution in [0, 0.1) is 0 Å². The number of nitrogens with zero attached hydrogens (tertiary/aromatic N) is 3. The van der Waals surface area contributed by atoms with Gasteiger partial charge in [0, 0.05) is 26.2 Å². The average molecular weight is 357 g/mol. The summed E-state index contributed by atoms with van der Waals surface area (Å²) in [5.74, 6) is 0. The van der Waals surface area contributed by atoms with Crippen molar-refractivity contribution in [1.29, 1.82) is 0 Å². The van der Waals surface area contributed by atoms with E-state index in [0.29, 0.717) is 17.6 Å². The van der Waals surface area contributed by atoms with Crippen LogP contribution in [0.15, 0.2) is 28.1 Å². The number of aromatic nitrogens is 2. The summed E-state index contributed by atoms with van der Waals surface area (Å²) in [6.45, 7) is 5.33. The Kier molecular flexibility index (Phi) is 5.55. The van der Waals surface area contributed by atoms with Gasteiger partial charge in [0.2, 0.25) is 0 Å². The number of ether oxygens (including phenoxy) is 1. The molecule has 6 nitrogen and oxygen atoms in total. The van der Waals surface area contributed by atoms with Crippen LogP contribution >= 0.6 is 15.9 Å². The Morgan fingerprint density at radius 3 is 3.05 bits per heavy atom. The molecule has 1 fully saturated rings. The molecular weight excluding hydrogens is 336 g/mol. The molecule has 2 rings (SSSR count). The van der Waals surface area contributed by atoms with Crippen LogP contribution in [0.3, 0.4) is 0 Å². The Balaban J connectivity index is 2.31. The summed E-state index contributed by atoms with van der Waals surface area (Å²) in [7, 11) is 1.72. The molecule has 2 N–H and O–H groups in total. The van der Waals surface area contributed by atoms with Crippen molar-refractivity contribution in [3.8, 4) is 0 Å². The largest absolute Gasteiger partial charge is 0.381 e. The maximum Gasteiger partial charge on any atom is 0.283 e. The molecule has 7 heteroatoms. The monoisotopic (exact) mass is 356 g/mol. The maximum absolute atomic E-state index is 12.3. The molecule has 1 aromatic rings. The highest BCUT2D eigenvalue weighted by molar-refractivity contribution is 9.10. The predicted molar refractivity (Wildman–Crippen MR) is 86.6 cm³/mol. The van der Waals surface area contributed by atoms with Gasteiger partial charge in [-0.2, -0.15) is 5.10 Å². The van der Waals surface area contributed by atoms with Crippen molar-refractivity contribution in [2.75, 3.05) is 25.1 Å². The Bertz CT molecular complexity index is 560. The first-order valence-corrected chi connectivity index (χ1v) is 7.77. The first kappa shape index (κ1) is 16.2. The third kappa shape index (κ3) is 3.36. The van der Waals surface area contributed by atoms with E-state index in [9.17, 15) is 4.79 Å². The molecule has 1 aliphatic heterocycles. The van der Waals surface area contributed by atoms with E-state index in [2.05, 4.69) is 32.5 Å². The molecule has 2 atom stereocenters. The molecule has 2 heterocycles. The van der Waals surface area contributed by atoms with E-state index in [1.54, 1.807) is 19.4 Å². The van der Waals surface area contributed by atoms with Gasteiger partial charge in [0.15, 0.2) is 0 Å². The van der Waals surface area contributed by atoms with Crippen LogP contribution in [0.4, 0.5) is 5.69 Å². The summed E-state index contributed by atoms with van der Waals surface area (Å²) in [5.41, 5.74) is 6.53. The number of methoxy groups -OCH3 is 1. The van der Waals surface area contributed by atoms with Gasteiger partial charge in [0.05, 0.1) is 24.5 Å². The van der Waals surface area contributed by atoms with Gasteiger partial charge in [-0.3, -0.25) is 4.79 Å². The van der Waals surface area contributed by atoms with Crippen LogP contribution in [0.1, 0.15) is 12.8 Å². The number of rotatable bonds is 5. The zero-order valence-corrected chi connectivity index (χ0v) is 13.8. The topological polar surface area (TPSA) is 73.4 Å². The Morgan fingerprint density at radius 2 is 2.43 bits per heavy atom. The molecule has 0 radical (unpaired) electrons. The van der Waals surface area contributed by atoms with Crippen molar-refractivity contribution in [2.45, 2.75) is 31.5 Å². The molecule has 116 valence electrons. The third-order valence-electron chi connectivity index (χ3n) is 3.85. The summed E-state index contributed by atoms with van der Waals surface area (Å²) in [5, 5.41) is 4.20. The second kappa shape index (κ2) is 7.20. The molecule has 0 spiro atoms. The van der Waals surface area contributed by atoms with Gasteiger partial charge in [0.1, 0.15) is 4.47 Å². The molecule has 1 aliphatic rings. The van der Waals surface area contributed by atoms with E-state index in [0.717, 1.165) is 25.1 Å². The van der Waals surface area contributed by atoms with Gasteiger partial charge in [-0.1, -0.05) is 6.08 Å². The molecule has 21 heavy (non-hydrogen) atoms. The van der Waals surface area contributed by atoms with Crippen LogP contribution in [-0.2, 0) is 11.3 Å². The molecule has 0 saturated carbocycles. The maximum atomic E-state index is 12.3. The number of hydrogen-bond donors (Lipinski definition) is 1. The molecule has 1 aromatic heterocycles. The van der Waals surface area contributed by atoms with Crippen LogP contribution in [-0.4, -0.2) is 42.1 Å². The summed E-state index contributed by atoms with van der Waals surface area (Å²) in [4.78, 5) is 14.4. The smallest absolute Gasteiger partial charge is 0.283 e. The fourth-order valence-corrected chi connectivity index (χ4v) is 3.21. The average Bonchev–Trinajstić information content (AvgIpc) is 2.52. The molecule has 1 saturated heterocycles. The van der Waals surface area contributed by atoms with E-state index in [4.69, 9.17) is 10.5 Å². The van der Waals surface area contributed by atoms with Gasteiger partial charge in [-0.25, -0.2) is 4.68 Å². The lowest BCUT2D eigenvalue weighted by atomic mass is 9.99. The molecule has 0 bridgehead atoms. The highest BCUT2D eigenvalue weighted by atomic mass is 79.9. The van der Waals surface area contributed by atoms with Crippen molar-refractivity contribution in [3.05, 3.63) is 33.7 Å². The summed E-state index contributed by atoms with van der Waals surface area (Å²) in [6, 6.07) is 0.149. The van der Waals surface area contributed by atoms with E-state index in [1.165, 1.54) is 4.68 Å². The second-order valence-corrected chi connectivity index (χ2v) is 5.88. The normalized spacial score (nSPS) is 22.3. The van der Waals surface area contributed by atoms with E-state index in [1.807, 2.05) is 0 Å². The zero-order chi connectivity index (χ0) is 15.4. The van der Waals surface area contributed by atoms with Gasteiger partial charge >= 0.3 is 0 Å². The van der Waals surface area contributed by atoms with E-state index in [-0.39, 0.29) is 17.7 Å². The van der Waals surface area contributed by atoms with Crippen LogP contribution in [0.2, 0.25) is 0 Å².